The van der Waals surface area contributed by atoms with Gasteiger partial charge < -0.3 is 59.4 Å². The van der Waals surface area contributed by atoms with Crippen LogP contribution in [0.25, 0.3) is 6.08 Å². The van der Waals surface area contributed by atoms with Crippen molar-refractivity contribution in [2.24, 2.45) is 0 Å². The predicted octanol–water partition coefficient (Wildman–Crippen LogP) is -2.78. The number of carbonyl (C=O) groups excluding carboxylic acids is 1. The molecule has 1 aromatic rings. The van der Waals surface area contributed by atoms with Crippen LogP contribution >= 0.6 is 0 Å². The second-order valence-corrected chi connectivity index (χ2v) is 7.97. The summed E-state index contributed by atoms with van der Waals surface area (Å²) >= 11 is 0. The van der Waals surface area contributed by atoms with Gasteiger partial charge in [0, 0.05) is 6.08 Å². The molecule has 190 valence electrons. The van der Waals surface area contributed by atoms with E-state index >= 15 is 0 Å². The third-order valence-corrected chi connectivity index (χ3v) is 5.50. The number of aromatic hydroxyl groups is 1. The number of phenols is 1. The highest BCUT2D eigenvalue weighted by molar-refractivity contribution is 5.87. The molecule has 8 atom stereocenters. The fourth-order valence-electron chi connectivity index (χ4n) is 3.39. The van der Waals surface area contributed by atoms with Crippen molar-refractivity contribution < 1.29 is 64.2 Å². The summed E-state index contributed by atoms with van der Waals surface area (Å²) in [4.78, 5) is 12.0. The maximum atomic E-state index is 12.0. The lowest BCUT2D eigenvalue weighted by Crippen LogP contribution is -2.59. The van der Waals surface area contributed by atoms with Crippen LogP contribution in [0.2, 0.25) is 0 Å². The molecule has 2 aliphatic heterocycles. The van der Waals surface area contributed by atoms with Gasteiger partial charge in [-0.05, 0) is 23.8 Å². The second-order valence-electron chi connectivity index (χ2n) is 7.97. The molecule has 3 rings (SSSR count). The van der Waals surface area contributed by atoms with Crippen molar-refractivity contribution in [3.05, 3.63) is 29.8 Å². The summed E-state index contributed by atoms with van der Waals surface area (Å²) < 4.78 is 25.4. The average molecular weight is 488 g/mol. The number of aliphatic hydroxyl groups is 6. The molecule has 2 saturated heterocycles. The molecular weight excluding hydrogens is 460 g/mol. The van der Waals surface area contributed by atoms with E-state index in [1.807, 2.05) is 0 Å². The van der Waals surface area contributed by atoms with E-state index in [-0.39, 0.29) is 11.5 Å². The van der Waals surface area contributed by atoms with E-state index in [0.717, 1.165) is 6.08 Å². The lowest BCUT2D eigenvalue weighted by Gasteiger charge is -2.38. The first-order chi connectivity index (χ1) is 16.1. The third-order valence-electron chi connectivity index (χ3n) is 5.50. The fraction of sp³-hybridized carbons (Fsp3) is 0.571. The van der Waals surface area contributed by atoms with Crippen LogP contribution < -0.4 is 4.74 Å². The number of hydrogen-bond acceptors (Lipinski definition) is 13. The summed E-state index contributed by atoms with van der Waals surface area (Å²) in [6.45, 7) is -1.52. The number of rotatable bonds is 8. The van der Waals surface area contributed by atoms with Crippen molar-refractivity contribution >= 4 is 12.0 Å². The maximum absolute atomic E-state index is 12.0. The van der Waals surface area contributed by atoms with Crippen LogP contribution in [0.15, 0.2) is 24.3 Å². The van der Waals surface area contributed by atoms with E-state index in [4.69, 9.17) is 23.7 Å². The van der Waals surface area contributed by atoms with E-state index in [2.05, 4.69) is 0 Å². The van der Waals surface area contributed by atoms with Crippen molar-refractivity contribution in [1.29, 1.82) is 0 Å². The number of aliphatic hydroxyl groups excluding tert-OH is 5. The molecule has 13 nitrogen and oxygen atoms in total. The van der Waals surface area contributed by atoms with Crippen LogP contribution in [0, 0.1) is 0 Å². The lowest BCUT2D eigenvalue weighted by atomic mass is 9.99. The summed E-state index contributed by atoms with van der Waals surface area (Å²) in [6, 6.07) is 4.42. The van der Waals surface area contributed by atoms with Crippen molar-refractivity contribution in [3.8, 4) is 11.5 Å². The van der Waals surface area contributed by atoms with E-state index < -0.39 is 74.5 Å². The van der Waals surface area contributed by atoms with E-state index in [9.17, 15) is 40.5 Å². The molecule has 0 amide bonds. The number of hydrogen-bond donors (Lipinski definition) is 7. The summed E-state index contributed by atoms with van der Waals surface area (Å²) in [6.07, 6.45) is -8.53. The topological polar surface area (TPSA) is 205 Å². The zero-order valence-electron chi connectivity index (χ0n) is 18.1. The number of ether oxygens (including phenoxy) is 5. The monoisotopic (exact) mass is 488 g/mol. The number of esters is 1. The molecule has 0 unspecified atom stereocenters. The Morgan fingerprint density at radius 1 is 1.18 bits per heavy atom. The third kappa shape index (κ3) is 5.83. The zero-order valence-corrected chi connectivity index (χ0v) is 18.1. The zero-order chi connectivity index (χ0) is 25.0. The second kappa shape index (κ2) is 10.9. The van der Waals surface area contributed by atoms with Gasteiger partial charge in [-0.1, -0.05) is 6.07 Å². The van der Waals surface area contributed by atoms with Crippen LogP contribution in [0.5, 0.6) is 11.5 Å². The first-order valence-electron chi connectivity index (χ1n) is 10.3. The molecule has 2 fully saturated rings. The van der Waals surface area contributed by atoms with Crippen LogP contribution in [-0.4, -0.2) is 117 Å². The number of benzene rings is 1. The highest BCUT2D eigenvalue weighted by Gasteiger charge is 2.51. The normalized spacial score (nSPS) is 36.0. The Morgan fingerprint density at radius 3 is 2.62 bits per heavy atom. The molecule has 7 N–H and O–H groups in total. The van der Waals surface area contributed by atoms with Crippen molar-refractivity contribution in [3.63, 3.8) is 0 Å². The first kappa shape index (κ1) is 26.3. The summed E-state index contributed by atoms with van der Waals surface area (Å²) in [5.74, 6) is -0.670. The average Bonchev–Trinajstić information content (AvgIpc) is 3.11. The Bertz CT molecular complexity index is 876. The Balaban J connectivity index is 1.49. The van der Waals surface area contributed by atoms with Crippen molar-refractivity contribution in [1.82, 2.24) is 0 Å². The number of methoxy groups -OCH3 is 1. The van der Waals surface area contributed by atoms with Gasteiger partial charge >= 0.3 is 5.97 Å². The van der Waals surface area contributed by atoms with E-state index in [1.165, 1.54) is 31.4 Å². The first-order valence-corrected chi connectivity index (χ1v) is 10.3. The van der Waals surface area contributed by atoms with Gasteiger partial charge in [-0.3, -0.25) is 0 Å². The minimum absolute atomic E-state index is 0.0639. The highest BCUT2D eigenvalue weighted by Crippen LogP contribution is 2.29. The molecule has 0 saturated carbocycles. The smallest absolute Gasteiger partial charge is 0.330 e. The Kier molecular flexibility index (Phi) is 8.46. The van der Waals surface area contributed by atoms with Crippen LogP contribution in [0.3, 0.4) is 0 Å². The standard InChI is InChI=1S/C21H28O13/c1-30-12-6-10(2-4-11(12)22)3-5-14(23)32-8-21(29)9-33-20(18(21)27)31-7-13-15(24)16(25)17(26)19(28)34-13/h2-6,13,15-20,22,24-29H,7-9H2,1H3/t13-,15-,16+,17-,18+,19-,20-,21-/m1/s1. The molecule has 2 aliphatic rings. The number of carbonyl (C=O) groups is 1. The largest absolute Gasteiger partial charge is 0.504 e. The maximum Gasteiger partial charge on any atom is 0.330 e. The molecular formula is C21H28O13. The highest BCUT2D eigenvalue weighted by atomic mass is 16.7. The van der Waals surface area contributed by atoms with E-state index in [0.29, 0.717) is 5.56 Å². The molecule has 0 radical (unpaired) electrons. The van der Waals surface area contributed by atoms with Gasteiger partial charge in [-0.25, -0.2) is 4.79 Å². The molecule has 0 bridgehead atoms. The molecule has 13 heteroatoms. The fourth-order valence-corrected chi connectivity index (χ4v) is 3.39. The Morgan fingerprint density at radius 2 is 1.91 bits per heavy atom. The van der Waals surface area contributed by atoms with Crippen molar-refractivity contribution in [2.45, 2.75) is 48.7 Å². The minimum atomic E-state index is -1.99. The molecule has 2 heterocycles. The van der Waals surface area contributed by atoms with Crippen molar-refractivity contribution in [2.75, 3.05) is 26.9 Å². The van der Waals surface area contributed by atoms with Gasteiger partial charge in [0.15, 0.2) is 29.7 Å². The lowest BCUT2D eigenvalue weighted by molar-refractivity contribution is -0.297. The van der Waals surface area contributed by atoms with E-state index in [1.54, 1.807) is 0 Å². The number of phenolic OH excluding ortho intramolecular Hbond substituents is 1. The van der Waals surface area contributed by atoms with Gasteiger partial charge in [0.25, 0.3) is 0 Å². The van der Waals surface area contributed by atoms with Gasteiger partial charge in [0.1, 0.15) is 37.1 Å². The molecule has 1 aromatic carbocycles. The quantitative estimate of drug-likeness (QED) is 0.146. The molecule has 34 heavy (non-hydrogen) atoms. The Hall–Kier alpha value is -2.33. The molecule has 0 spiro atoms. The SMILES string of the molecule is COc1cc(C=CC(=O)OC[C@@]2(O)CO[C@@H](OC[C@H]3O[C@@H](O)[C@H](O)[C@@H](O)[C@@H]3O)[C@@H]2O)ccc1O. The summed E-state index contributed by atoms with van der Waals surface area (Å²) in [5, 5.41) is 69.2. The molecule has 0 aromatic heterocycles. The summed E-state index contributed by atoms with van der Waals surface area (Å²) in [5.41, 5.74) is -1.45. The summed E-state index contributed by atoms with van der Waals surface area (Å²) in [7, 11) is 1.38. The van der Waals surface area contributed by atoms with Gasteiger partial charge in [0.2, 0.25) is 0 Å². The van der Waals surface area contributed by atoms with Crippen LogP contribution in [0.1, 0.15) is 5.56 Å². The van der Waals surface area contributed by atoms with Gasteiger partial charge in [0.05, 0.1) is 20.3 Å². The Labute approximate surface area is 193 Å². The van der Waals surface area contributed by atoms with Gasteiger partial charge in [-0.15, -0.1) is 0 Å². The predicted molar refractivity (Wildman–Crippen MR) is 110 cm³/mol. The van der Waals surface area contributed by atoms with Crippen LogP contribution in [0.4, 0.5) is 0 Å². The van der Waals surface area contributed by atoms with Gasteiger partial charge in [-0.2, -0.15) is 0 Å². The van der Waals surface area contributed by atoms with Crippen LogP contribution in [-0.2, 0) is 23.7 Å². The minimum Gasteiger partial charge on any atom is -0.504 e. The molecule has 0 aliphatic carbocycles.